The summed E-state index contributed by atoms with van der Waals surface area (Å²) in [5.74, 6) is -0.00262. The Hall–Kier alpha value is -1.55. The van der Waals surface area contributed by atoms with E-state index in [9.17, 15) is 4.79 Å². The number of nitrogens with zero attached hydrogens (tertiary/aromatic N) is 1. The van der Waals surface area contributed by atoms with Crippen molar-refractivity contribution in [3.05, 3.63) is 29.8 Å². The summed E-state index contributed by atoms with van der Waals surface area (Å²) in [6, 6.07) is 8.30. The van der Waals surface area contributed by atoms with Gasteiger partial charge < -0.3 is 16.0 Å². The molecule has 0 aromatic heterocycles. The van der Waals surface area contributed by atoms with Crippen molar-refractivity contribution in [3.63, 3.8) is 0 Å². The maximum atomic E-state index is 12.1. The SMILES string of the molecule is Nc1cccc(C(=O)NC2CCN(C3CC3)CC2)c1. The Morgan fingerprint density at radius 2 is 1.95 bits per heavy atom. The standard InChI is InChI=1S/C15H21N3O/c16-12-3-1-2-11(10-12)15(19)17-13-6-8-18(9-7-13)14-4-5-14/h1-3,10,13-14H,4-9,16H2,(H,17,19). The molecule has 3 rings (SSSR count). The second-order valence-corrected chi connectivity index (χ2v) is 5.64. The van der Waals surface area contributed by atoms with Crippen LogP contribution < -0.4 is 11.1 Å². The van der Waals surface area contributed by atoms with E-state index in [1.54, 1.807) is 12.1 Å². The smallest absolute Gasteiger partial charge is 0.251 e. The summed E-state index contributed by atoms with van der Waals surface area (Å²) in [6.45, 7) is 2.24. The van der Waals surface area contributed by atoms with Gasteiger partial charge >= 0.3 is 0 Å². The first-order chi connectivity index (χ1) is 9.22. The summed E-state index contributed by atoms with van der Waals surface area (Å²) in [4.78, 5) is 14.7. The number of nitrogens with two attached hydrogens (primary N) is 1. The molecule has 0 spiro atoms. The summed E-state index contributed by atoms with van der Waals surface area (Å²) in [5.41, 5.74) is 6.99. The molecule has 0 bridgehead atoms. The minimum absolute atomic E-state index is 0.00262. The maximum absolute atomic E-state index is 12.1. The Labute approximate surface area is 114 Å². The number of nitrogens with one attached hydrogen (secondary N) is 1. The van der Waals surface area contributed by atoms with Crippen LogP contribution in [0.15, 0.2) is 24.3 Å². The molecule has 0 unspecified atom stereocenters. The minimum Gasteiger partial charge on any atom is -0.399 e. The molecule has 0 radical (unpaired) electrons. The van der Waals surface area contributed by atoms with Gasteiger partial charge in [-0.2, -0.15) is 0 Å². The monoisotopic (exact) mass is 259 g/mol. The Morgan fingerprint density at radius 3 is 2.58 bits per heavy atom. The van der Waals surface area contributed by atoms with Crippen LogP contribution in [0.1, 0.15) is 36.0 Å². The maximum Gasteiger partial charge on any atom is 0.251 e. The third-order valence-electron chi connectivity index (χ3n) is 4.08. The van der Waals surface area contributed by atoms with Gasteiger partial charge in [0, 0.05) is 36.4 Å². The van der Waals surface area contributed by atoms with E-state index in [-0.39, 0.29) is 5.91 Å². The molecule has 2 aliphatic rings. The summed E-state index contributed by atoms with van der Waals surface area (Å²) >= 11 is 0. The molecule has 1 aromatic carbocycles. The van der Waals surface area contributed by atoms with E-state index in [4.69, 9.17) is 5.73 Å². The van der Waals surface area contributed by atoms with Crippen LogP contribution in [0, 0.1) is 0 Å². The van der Waals surface area contributed by atoms with Crippen molar-refractivity contribution in [1.29, 1.82) is 0 Å². The zero-order chi connectivity index (χ0) is 13.2. The summed E-state index contributed by atoms with van der Waals surface area (Å²) in [6.07, 6.45) is 4.84. The molecule has 4 nitrogen and oxygen atoms in total. The molecule has 1 aliphatic heterocycles. The molecule has 4 heteroatoms. The molecular weight excluding hydrogens is 238 g/mol. The minimum atomic E-state index is -0.00262. The van der Waals surface area contributed by atoms with Crippen LogP contribution in [0.2, 0.25) is 0 Å². The second-order valence-electron chi connectivity index (χ2n) is 5.64. The Bertz CT molecular complexity index is 462. The van der Waals surface area contributed by atoms with E-state index in [0.717, 1.165) is 32.0 Å². The molecule has 1 aliphatic carbocycles. The van der Waals surface area contributed by atoms with Crippen LogP contribution in [0.4, 0.5) is 5.69 Å². The van der Waals surface area contributed by atoms with Gasteiger partial charge in [0.1, 0.15) is 0 Å². The van der Waals surface area contributed by atoms with Gasteiger partial charge in [0.15, 0.2) is 0 Å². The van der Waals surface area contributed by atoms with Crippen molar-refractivity contribution in [3.8, 4) is 0 Å². The van der Waals surface area contributed by atoms with Gasteiger partial charge in [0.25, 0.3) is 5.91 Å². The Balaban J connectivity index is 1.52. The fourth-order valence-electron chi connectivity index (χ4n) is 2.80. The molecule has 2 fully saturated rings. The highest BCUT2D eigenvalue weighted by Gasteiger charge is 2.32. The van der Waals surface area contributed by atoms with Crippen molar-refractivity contribution < 1.29 is 4.79 Å². The van der Waals surface area contributed by atoms with Crippen LogP contribution in [0.3, 0.4) is 0 Å². The lowest BCUT2D eigenvalue weighted by Gasteiger charge is -2.32. The summed E-state index contributed by atoms with van der Waals surface area (Å²) < 4.78 is 0. The highest BCUT2D eigenvalue weighted by molar-refractivity contribution is 5.95. The lowest BCUT2D eigenvalue weighted by atomic mass is 10.0. The predicted octanol–water partition coefficient (Wildman–Crippen LogP) is 1.63. The largest absolute Gasteiger partial charge is 0.399 e. The summed E-state index contributed by atoms with van der Waals surface area (Å²) in [5, 5.41) is 3.12. The van der Waals surface area contributed by atoms with Gasteiger partial charge in [0.05, 0.1) is 0 Å². The first-order valence-corrected chi connectivity index (χ1v) is 7.13. The molecule has 3 N–H and O–H groups in total. The number of piperidine rings is 1. The molecule has 0 atom stereocenters. The Kier molecular flexibility index (Phi) is 3.42. The van der Waals surface area contributed by atoms with Crippen LogP contribution >= 0.6 is 0 Å². The topological polar surface area (TPSA) is 58.4 Å². The average molecular weight is 259 g/mol. The van der Waals surface area contributed by atoms with Crippen LogP contribution in [-0.2, 0) is 0 Å². The highest BCUT2D eigenvalue weighted by Crippen LogP contribution is 2.29. The van der Waals surface area contributed by atoms with Crippen molar-refractivity contribution in [1.82, 2.24) is 10.2 Å². The van der Waals surface area contributed by atoms with Gasteiger partial charge in [-0.25, -0.2) is 0 Å². The van der Waals surface area contributed by atoms with Crippen LogP contribution in [-0.4, -0.2) is 36.0 Å². The number of nitrogen functional groups attached to an aromatic ring is 1. The van der Waals surface area contributed by atoms with E-state index in [1.807, 2.05) is 12.1 Å². The number of benzene rings is 1. The van der Waals surface area contributed by atoms with E-state index in [2.05, 4.69) is 10.2 Å². The van der Waals surface area contributed by atoms with Gasteiger partial charge in [-0.1, -0.05) is 6.07 Å². The lowest BCUT2D eigenvalue weighted by Crippen LogP contribution is -2.45. The van der Waals surface area contributed by atoms with E-state index >= 15 is 0 Å². The third-order valence-corrected chi connectivity index (χ3v) is 4.08. The van der Waals surface area contributed by atoms with Crippen LogP contribution in [0.25, 0.3) is 0 Å². The molecule has 1 heterocycles. The lowest BCUT2D eigenvalue weighted by molar-refractivity contribution is 0.0909. The number of carbonyl (C=O) groups excluding carboxylic acids is 1. The number of hydrogen-bond acceptors (Lipinski definition) is 3. The number of amides is 1. The number of carbonyl (C=O) groups is 1. The highest BCUT2D eigenvalue weighted by atomic mass is 16.1. The van der Waals surface area contributed by atoms with Gasteiger partial charge in [-0.05, 0) is 43.9 Å². The van der Waals surface area contributed by atoms with E-state index in [1.165, 1.54) is 12.8 Å². The van der Waals surface area contributed by atoms with Crippen molar-refractivity contribution in [2.24, 2.45) is 0 Å². The number of likely N-dealkylation sites (tertiary alicyclic amines) is 1. The van der Waals surface area contributed by atoms with Crippen LogP contribution in [0.5, 0.6) is 0 Å². The Morgan fingerprint density at radius 1 is 1.21 bits per heavy atom. The zero-order valence-electron chi connectivity index (χ0n) is 11.1. The van der Waals surface area contributed by atoms with Crippen molar-refractivity contribution in [2.75, 3.05) is 18.8 Å². The molecule has 1 saturated carbocycles. The molecule has 19 heavy (non-hydrogen) atoms. The van der Waals surface area contributed by atoms with Gasteiger partial charge in [-0.3, -0.25) is 4.79 Å². The van der Waals surface area contributed by atoms with Crippen molar-refractivity contribution in [2.45, 2.75) is 37.8 Å². The second kappa shape index (κ2) is 5.21. The number of rotatable bonds is 3. The normalized spacial score (nSPS) is 21.3. The number of hydrogen-bond donors (Lipinski definition) is 2. The molecule has 1 saturated heterocycles. The molecule has 1 amide bonds. The zero-order valence-corrected chi connectivity index (χ0v) is 11.1. The summed E-state index contributed by atoms with van der Waals surface area (Å²) in [7, 11) is 0. The first-order valence-electron chi connectivity index (χ1n) is 7.13. The molecular formula is C15H21N3O. The predicted molar refractivity (Wildman–Crippen MR) is 75.9 cm³/mol. The fourth-order valence-corrected chi connectivity index (χ4v) is 2.80. The first kappa shape index (κ1) is 12.5. The molecule has 1 aromatic rings. The van der Waals surface area contributed by atoms with E-state index < -0.39 is 0 Å². The molecule has 102 valence electrons. The average Bonchev–Trinajstić information content (AvgIpc) is 3.24. The van der Waals surface area contributed by atoms with Gasteiger partial charge in [0.2, 0.25) is 0 Å². The third kappa shape index (κ3) is 3.07. The van der Waals surface area contributed by atoms with Crippen molar-refractivity contribution >= 4 is 11.6 Å². The number of anilines is 1. The quantitative estimate of drug-likeness (QED) is 0.811. The fraction of sp³-hybridized carbons (Fsp3) is 0.533. The van der Waals surface area contributed by atoms with E-state index in [0.29, 0.717) is 17.3 Å². The van der Waals surface area contributed by atoms with Gasteiger partial charge in [-0.15, -0.1) is 0 Å².